The molecule has 1 aromatic carbocycles. The maximum absolute atomic E-state index is 12.4. The summed E-state index contributed by atoms with van der Waals surface area (Å²) in [6.07, 6.45) is -1.50. The zero-order valence-electron chi connectivity index (χ0n) is 8.59. The number of halogens is 4. The van der Waals surface area contributed by atoms with Crippen LogP contribution in [0.5, 0.6) is 0 Å². The molecule has 2 nitrogen and oxygen atoms in total. The van der Waals surface area contributed by atoms with Gasteiger partial charge in [0.25, 0.3) is 0 Å². The molecule has 0 fully saturated rings. The summed E-state index contributed by atoms with van der Waals surface area (Å²) < 4.78 is 37.1. The normalized spacial score (nSPS) is 12.0. The smallest absolute Gasteiger partial charge is 0.369 e. The van der Waals surface area contributed by atoms with Gasteiger partial charge >= 0.3 is 6.18 Å². The van der Waals surface area contributed by atoms with Crippen LogP contribution < -0.4 is 5.73 Å². The van der Waals surface area contributed by atoms with Gasteiger partial charge in [-0.2, -0.15) is 13.2 Å². The van der Waals surface area contributed by atoms with E-state index in [1.54, 1.807) is 0 Å². The second-order valence-corrected chi connectivity index (χ2v) is 3.72. The minimum atomic E-state index is -4.47. The summed E-state index contributed by atoms with van der Waals surface area (Å²) in [5, 5.41) is -0.376. The van der Waals surface area contributed by atoms with Crippen LogP contribution in [0.25, 0.3) is 6.08 Å². The van der Waals surface area contributed by atoms with Crippen molar-refractivity contribution in [1.82, 2.24) is 0 Å². The number of primary amides is 1. The molecule has 1 rings (SSSR count). The third-order valence-electron chi connectivity index (χ3n) is 1.93. The number of hydrogen-bond acceptors (Lipinski definition) is 1. The van der Waals surface area contributed by atoms with Crippen LogP contribution in [-0.4, -0.2) is 5.91 Å². The highest BCUT2D eigenvalue weighted by atomic mass is 35.5. The van der Waals surface area contributed by atoms with Crippen LogP contribution in [-0.2, 0) is 11.0 Å². The Morgan fingerprint density at radius 1 is 1.41 bits per heavy atom. The van der Waals surface area contributed by atoms with Crippen molar-refractivity contribution < 1.29 is 18.0 Å². The highest BCUT2D eigenvalue weighted by Gasteiger charge is 2.32. The Morgan fingerprint density at radius 2 is 2.06 bits per heavy atom. The van der Waals surface area contributed by atoms with Crippen LogP contribution in [0.4, 0.5) is 13.2 Å². The Balaban J connectivity index is 2.90. The summed E-state index contributed by atoms with van der Waals surface area (Å²) in [4.78, 5) is 10.4. The average molecular weight is 264 g/mol. The fourth-order valence-electron chi connectivity index (χ4n) is 1.18. The highest BCUT2D eigenvalue weighted by Crippen LogP contribution is 2.35. The van der Waals surface area contributed by atoms with E-state index >= 15 is 0 Å². The molecule has 92 valence electrons. The van der Waals surface area contributed by atoms with E-state index < -0.39 is 17.6 Å². The average Bonchev–Trinajstić information content (AvgIpc) is 2.14. The van der Waals surface area contributed by atoms with Crippen LogP contribution in [0.2, 0.25) is 5.02 Å². The molecule has 0 saturated heterocycles. The molecule has 1 amide bonds. The summed E-state index contributed by atoms with van der Waals surface area (Å²) in [5.74, 6) is -0.515. The fraction of sp³-hybridized carbons (Fsp3) is 0.182. The quantitative estimate of drug-likeness (QED) is 0.894. The molecule has 0 spiro atoms. The molecule has 0 aromatic heterocycles. The van der Waals surface area contributed by atoms with E-state index in [-0.39, 0.29) is 11.4 Å². The van der Waals surface area contributed by atoms with E-state index in [1.165, 1.54) is 24.3 Å². The number of rotatable bonds is 3. The van der Waals surface area contributed by atoms with Crippen LogP contribution in [0.15, 0.2) is 24.3 Å². The fourth-order valence-corrected chi connectivity index (χ4v) is 1.47. The lowest BCUT2D eigenvalue weighted by Crippen LogP contribution is -2.08. The first-order valence-corrected chi connectivity index (χ1v) is 5.00. The molecular formula is C11H9ClF3NO. The Hall–Kier alpha value is -1.49. The minimum absolute atomic E-state index is 0.0264. The van der Waals surface area contributed by atoms with Gasteiger partial charge in [0, 0.05) is 6.42 Å². The lowest BCUT2D eigenvalue weighted by molar-refractivity contribution is -0.137. The number of amides is 1. The van der Waals surface area contributed by atoms with Gasteiger partial charge in [-0.3, -0.25) is 4.79 Å². The van der Waals surface area contributed by atoms with Gasteiger partial charge in [-0.1, -0.05) is 29.8 Å². The molecule has 17 heavy (non-hydrogen) atoms. The number of alkyl halides is 3. The lowest BCUT2D eigenvalue weighted by Gasteiger charge is -2.08. The molecular weight excluding hydrogens is 255 g/mol. The molecule has 0 atom stereocenters. The van der Waals surface area contributed by atoms with E-state index in [2.05, 4.69) is 0 Å². The second-order valence-electron chi connectivity index (χ2n) is 3.31. The van der Waals surface area contributed by atoms with Crippen molar-refractivity contribution in [1.29, 1.82) is 0 Å². The largest absolute Gasteiger partial charge is 0.417 e. The summed E-state index contributed by atoms with van der Waals surface area (Å²) in [6, 6.07) is 3.35. The molecule has 1 aromatic rings. The number of nitrogens with two attached hydrogens (primary N) is 1. The summed E-state index contributed by atoms with van der Waals surface area (Å²) in [7, 11) is 0. The first-order chi connectivity index (χ1) is 7.80. The third kappa shape index (κ3) is 4.11. The minimum Gasteiger partial charge on any atom is -0.369 e. The molecule has 0 unspecified atom stereocenters. The Labute approximate surface area is 101 Å². The zero-order chi connectivity index (χ0) is 13.1. The van der Waals surface area contributed by atoms with Crippen molar-refractivity contribution in [3.63, 3.8) is 0 Å². The van der Waals surface area contributed by atoms with Crippen molar-refractivity contribution in [2.24, 2.45) is 5.73 Å². The van der Waals surface area contributed by atoms with Crippen molar-refractivity contribution >= 4 is 23.6 Å². The first-order valence-electron chi connectivity index (χ1n) is 4.62. The van der Waals surface area contributed by atoms with Gasteiger partial charge in [-0.15, -0.1) is 0 Å². The van der Waals surface area contributed by atoms with Gasteiger partial charge in [0.2, 0.25) is 5.91 Å². The van der Waals surface area contributed by atoms with Crippen LogP contribution in [0.3, 0.4) is 0 Å². The SMILES string of the molecule is NC(=O)CC=Cc1ccc(C(F)(F)F)c(Cl)c1. The van der Waals surface area contributed by atoms with Crippen molar-refractivity contribution in [2.75, 3.05) is 0 Å². The maximum atomic E-state index is 12.4. The molecule has 0 bridgehead atoms. The molecule has 0 saturated carbocycles. The molecule has 0 aliphatic rings. The Bertz CT molecular complexity index is 455. The third-order valence-corrected chi connectivity index (χ3v) is 2.24. The van der Waals surface area contributed by atoms with E-state index in [0.29, 0.717) is 5.56 Å². The standard InChI is InChI=1S/C11H9ClF3NO/c12-9-6-7(2-1-3-10(16)17)4-5-8(9)11(13,14)15/h1-2,4-6H,3H2,(H2,16,17). The number of hydrogen-bond donors (Lipinski definition) is 1. The van der Waals surface area contributed by atoms with Crippen molar-refractivity contribution in [3.05, 3.63) is 40.4 Å². The number of carbonyl (C=O) groups is 1. The van der Waals surface area contributed by atoms with Gasteiger partial charge in [-0.05, 0) is 17.7 Å². The molecule has 6 heteroatoms. The zero-order valence-corrected chi connectivity index (χ0v) is 9.35. The molecule has 0 aliphatic heterocycles. The molecule has 2 N–H and O–H groups in total. The van der Waals surface area contributed by atoms with Crippen molar-refractivity contribution in [2.45, 2.75) is 12.6 Å². The Kier molecular flexibility index (Phi) is 4.17. The second kappa shape index (κ2) is 5.23. The first kappa shape index (κ1) is 13.6. The van der Waals surface area contributed by atoms with Crippen molar-refractivity contribution in [3.8, 4) is 0 Å². The predicted octanol–water partition coefficient (Wildman–Crippen LogP) is 3.25. The van der Waals surface area contributed by atoms with Gasteiger partial charge in [0.15, 0.2) is 0 Å². The van der Waals surface area contributed by atoms with Crippen LogP contribution in [0.1, 0.15) is 17.5 Å². The van der Waals surface area contributed by atoms with E-state index in [1.807, 2.05) is 0 Å². The summed E-state index contributed by atoms with van der Waals surface area (Å²) >= 11 is 5.51. The van der Waals surface area contributed by atoms with Gasteiger partial charge in [0.1, 0.15) is 0 Å². The van der Waals surface area contributed by atoms with Gasteiger partial charge in [-0.25, -0.2) is 0 Å². The summed E-state index contributed by atoms with van der Waals surface area (Å²) in [6.45, 7) is 0. The predicted molar refractivity (Wildman–Crippen MR) is 59.3 cm³/mol. The van der Waals surface area contributed by atoms with E-state index in [0.717, 1.165) is 6.07 Å². The van der Waals surface area contributed by atoms with Crippen LogP contribution >= 0.6 is 11.6 Å². The number of carbonyl (C=O) groups excluding carboxylic acids is 1. The van der Waals surface area contributed by atoms with Gasteiger partial charge < -0.3 is 5.73 Å². The monoisotopic (exact) mass is 263 g/mol. The van der Waals surface area contributed by atoms with E-state index in [9.17, 15) is 18.0 Å². The molecule has 0 radical (unpaired) electrons. The Morgan fingerprint density at radius 3 is 2.53 bits per heavy atom. The molecule has 0 aliphatic carbocycles. The lowest BCUT2D eigenvalue weighted by atomic mass is 10.1. The summed E-state index contributed by atoms with van der Waals surface area (Å²) in [5.41, 5.74) is 4.50. The number of benzene rings is 1. The molecule has 0 heterocycles. The van der Waals surface area contributed by atoms with E-state index in [4.69, 9.17) is 17.3 Å². The van der Waals surface area contributed by atoms with Gasteiger partial charge in [0.05, 0.1) is 10.6 Å². The van der Waals surface area contributed by atoms with Crippen LogP contribution in [0, 0.1) is 0 Å². The topological polar surface area (TPSA) is 43.1 Å². The highest BCUT2D eigenvalue weighted by molar-refractivity contribution is 6.31. The maximum Gasteiger partial charge on any atom is 0.417 e.